The molecule has 48 heavy (non-hydrogen) atoms. The molecule has 2 atom stereocenters. The number of piperazine rings is 1. The van der Waals surface area contributed by atoms with Gasteiger partial charge in [-0.2, -0.15) is 15.2 Å². The van der Waals surface area contributed by atoms with Crippen LogP contribution in [0.1, 0.15) is 23.2 Å². The topological polar surface area (TPSA) is 116 Å². The van der Waals surface area contributed by atoms with Crippen molar-refractivity contribution >= 4 is 40.8 Å². The molecule has 2 fully saturated rings. The maximum absolute atomic E-state index is 13.2. The number of nitriles is 1. The Balaban J connectivity index is 0.00000401. The van der Waals surface area contributed by atoms with Crippen LogP contribution in [0.5, 0.6) is 6.01 Å². The average Bonchev–Trinajstić information content (AvgIpc) is 3.13. The van der Waals surface area contributed by atoms with Crippen molar-refractivity contribution in [2.75, 3.05) is 62.3 Å². The Kier molecular flexibility index (Phi) is 10.8. The fourth-order valence-electron chi connectivity index (χ4n) is 6.68. The average molecular weight is 670 g/mol. The number of morpholine rings is 1. The van der Waals surface area contributed by atoms with Gasteiger partial charge in [-0.15, -0.1) is 12.4 Å². The van der Waals surface area contributed by atoms with E-state index < -0.39 is 6.09 Å². The van der Waals surface area contributed by atoms with Gasteiger partial charge in [0.15, 0.2) is 0 Å². The summed E-state index contributed by atoms with van der Waals surface area (Å²) in [6, 6.07) is 26.8. The largest absolute Gasteiger partial charge is 0.462 e. The van der Waals surface area contributed by atoms with Crippen molar-refractivity contribution in [3.8, 4) is 12.1 Å². The summed E-state index contributed by atoms with van der Waals surface area (Å²) in [5, 5.41) is 15.6. The SMILES string of the molecule is Cl.N#CCC1CN(c2nc(OCC3COCCN3)nc3c2CCN(c2cccc4ccccc24)C3)CCN1C(=O)OCc1ccccc1. The first kappa shape index (κ1) is 33.3. The molecular weight excluding hydrogens is 630 g/mol. The van der Waals surface area contributed by atoms with E-state index >= 15 is 0 Å². The fourth-order valence-corrected chi connectivity index (χ4v) is 6.68. The number of fused-ring (bicyclic) bond motifs is 2. The van der Waals surface area contributed by atoms with Gasteiger partial charge in [0.25, 0.3) is 0 Å². The highest BCUT2D eigenvalue weighted by atomic mass is 35.5. The van der Waals surface area contributed by atoms with Crippen molar-refractivity contribution in [3.63, 3.8) is 0 Å². The highest BCUT2D eigenvalue weighted by molar-refractivity contribution is 5.94. The molecule has 2 saturated heterocycles. The monoisotopic (exact) mass is 669 g/mol. The smallest absolute Gasteiger partial charge is 0.410 e. The molecule has 11 nitrogen and oxygen atoms in total. The lowest BCUT2D eigenvalue weighted by molar-refractivity contribution is 0.0576. The van der Waals surface area contributed by atoms with E-state index in [1.165, 1.54) is 16.5 Å². The third kappa shape index (κ3) is 7.41. The summed E-state index contributed by atoms with van der Waals surface area (Å²) >= 11 is 0. The van der Waals surface area contributed by atoms with E-state index in [1.54, 1.807) is 4.90 Å². The van der Waals surface area contributed by atoms with Crippen molar-refractivity contribution in [1.82, 2.24) is 20.2 Å². The predicted molar refractivity (Wildman–Crippen MR) is 186 cm³/mol. The Morgan fingerprint density at radius 2 is 1.83 bits per heavy atom. The number of anilines is 2. The number of hydrogen-bond acceptors (Lipinski definition) is 10. The Morgan fingerprint density at radius 3 is 2.67 bits per heavy atom. The molecule has 7 rings (SSSR count). The Bertz CT molecular complexity index is 1740. The fraction of sp³-hybridized carbons (Fsp3) is 0.389. The Hall–Kier alpha value is -4.63. The third-order valence-electron chi connectivity index (χ3n) is 9.09. The molecule has 12 heteroatoms. The van der Waals surface area contributed by atoms with E-state index in [4.69, 9.17) is 24.2 Å². The van der Waals surface area contributed by atoms with E-state index in [-0.39, 0.29) is 37.5 Å². The van der Waals surface area contributed by atoms with Gasteiger partial charge < -0.3 is 34.2 Å². The molecule has 2 unspecified atom stereocenters. The zero-order valence-electron chi connectivity index (χ0n) is 26.8. The molecule has 4 heterocycles. The van der Waals surface area contributed by atoms with Gasteiger partial charge in [-0.1, -0.05) is 66.7 Å². The Morgan fingerprint density at radius 1 is 1.00 bits per heavy atom. The standard InChI is InChI=1S/C36H39N7O4.ClH/c37-15-13-29-21-42(18-19-43(29)36(44)47-23-26-7-2-1-3-8-26)34-31-14-17-41(33-12-6-10-27-9-4-5-11-30(27)33)22-32(31)39-35(40-34)46-25-28-24-45-20-16-38-28;/h1-12,28-29,38H,13-14,16-25H2;1H. The second-order valence-electron chi connectivity index (χ2n) is 12.2. The van der Waals surface area contributed by atoms with Crippen molar-refractivity contribution in [3.05, 3.63) is 89.6 Å². The van der Waals surface area contributed by atoms with Crippen molar-refractivity contribution < 1.29 is 19.0 Å². The van der Waals surface area contributed by atoms with Crippen molar-refractivity contribution in [2.45, 2.75) is 38.1 Å². The van der Waals surface area contributed by atoms with Gasteiger partial charge in [0.1, 0.15) is 19.0 Å². The zero-order valence-corrected chi connectivity index (χ0v) is 27.6. The maximum atomic E-state index is 13.2. The van der Waals surface area contributed by atoms with Gasteiger partial charge in [-0.3, -0.25) is 0 Å². The van der Waals surface area contributed by atoms with Gasteiger partial charge in [0, 0.05) is 49.4 Å². The van der Waals surface area contributed by atoms with Crippen LogP contribution in [0.3, 0.4) is 0 Å². The van der Waals surface area contributed by atoms with Crippen LogP contribution < -0.4 is 19.9 Å². The van der Waals surface area contributed by atoms with Crippen LogP contribution >= 0.6 is 12.4 Å². The summed E-state index contributed by atoms with van der Waals surface area (Å²) in [6.45, 7) is 5.49. The van der Waals surface area contributed by atoms with E-state index in [0.29, 0.717) is 52.0 Å². The van der Waals surface area contributed by atoms with Crippen LogP contribution in [0.2, 0.25) is 0 Å². The number of carbonyl (C=O) groups is 1. The van der Waals surface area contributed by atoms with Gasteiger partial charge in [0.2, 0.25) is 0 Å². The molecule has 0 radical (unpaired) electrons. The maximum Gasteiger partial charge on any atom is 0.410 e. The van der Waals surface area contributed by atoms with E-state index in [0.717, 1.165) is 42.1 Å². The minimum Gasteiger partial charge on any atom is -0.462 e. The van der Waals surface area contributed by atoms with E-state index in [2.05, 4.69) is 63.7 Å². The van der Waals surface area contributed by atoms with Crippen LogP contribution in [0.4, 0.5) is 16.3 Å². The number of carbonyl (C=O) groups excluding carboxylic acids is 1. The highest BCUT2D eigenvalue weighted by Crippen LogP contribution is 2.35. The number of nitrogens with zero attached hydrogens (tertiary/aromatic N) is 6. The van der Waals surface area contributed by atoms with Crippen LogP contribution in [0.25, 0.3) is 10.8 Å². The summed E-state index contributed by atoms with van der Waals surface area (Å²) in [5.41, 5.74) is 4.11. The quantitative estimate of drug-likeness (QED) is 0.283. The van der Waals surface area contributed by atoms with Crippen molar-refractivity contribution in [2.24, 2.45) is 0 Å². The Labute approximate surface area is 286 Å². The van der Waals surface area contributed by atoms with Crippen LogP contribution in [0.15, 0.2) is 72.8 Å². The minimum atomic E-state index is -0.407. The van der Waals surface area contributed by atoms with Gasteiger partial charge in [0.05, 0.1) is 50.0 Å². The predicted octanol–water partition coefficient (Wildman–Crippen LogP) is 4.72. The number of benzene rings is 3. The lowest BCUT2D eigenvalue weighted by atomic mass is 10.0. The molecule has 3 aromatic carbocycles. The second-order valence-corrected chi connectivity index (χ2v) is 12.2. The number of nitrogens with one attached hydrogen (secondary N) is 1. The number of ether oxygens (including phenoxy) is 3. The van der Waals surface area contributed by atoms with Crippen molar-refractivity contribution in [1.29, 1.82) is 5.26 Å². The lowest BCUT2D eigenvalue weighted by Crippen LogP contribution is -2.55. The summed E-state index contributed by atoms with van der Waals surface area (Å²) in [4.78, 5) is 29.4. The number of halogens is 1. The molecule has 250 valence electrons. The summed E-state index contributed by atoms with van der Waals surface area (Å²) in [6.07, 6.45) is 0.542. The number of rotatable bonds is 8. The molecule has 4 aromatic rings. The number of amides is 1. The molecule has 1 aromatic heterocycles. The molecule has 0 saturated carbocycles. The summed E-state index contributed by atoms with van der Waals surface area (Å²) < 4.78 is 17.5. The zero-order chi connectivity index (χ0) is 32.0. The molecule has 3 aliphatic heterocycles. The molecule has 0 spiro atoms. The first-order valence-electron chi connectivity index (χ1n) is 16.3. The first-order chi connectivity index (χ1) is 23.2. The minimum absolute atomic E-state index is 0. The van der Waals surface area contributed by atoms with E-state index in [9.17, 15) is 10.1 Å². The number of aromatic nitrogens is 2. The second kappa shape index (κ2) is 15.5. The van der Waals surface area contributed by atoms with Crippen LogP contribution in [-0.4, -0.2) is 85.6 Å². The van der Waals surface area contributed by atoms with E-state index in [1.807, 2.05) is 30.3 Å². The first-order valence-corrected chi connectivity index (χ1v) is 16.3. The summed E-state index contributed by atoms with van der Waals surface area (Å²) in [7, 11) is 0. The normalized spacial score (nSPS) is 19.2. The summed E-state index contributed by atoms with van der Waals surface area (Å²) in [5.74, 6) is 0.815. The van der Waals surface area contributed by atoms with Gasteiger partial charge >= 0.3 is 12.1 Å². The van der Waals surface area contributed by atoms with Gasteiger partial charge in [-0.25, -0.2) is 4.79 Å². The van der Waals surface area contributed by atoms with Crippen LogP contribution in [0, 0.1) is 11.3 Å². The third-order valence-corrected chi connectivity index (χ3v) is 9.09. The van der Waals surface area contributed by atoms with Gasteiger partial charge in [-0.05, 0) is 23.4 Å². The number of hydrogen-bond donors (Lipinski definition) is 1. The molecule has 3 aliphatic rings. The highest BCUT2D eigenvalue weighted by Gasteiger charge is 2.35. The molecule has 0 bridgehead atoms. The lowest BCUT2D eigenvalue weighted by Gasteiger charge is -2.42. The molecule has 1 N–H and O–H groups in total. The molecular formula is C36H40ClN7O4. The molecule has 0 aliphatic carbocycles. The van der Waals surface area contributed by atoms with Crippen LogP contribution in [-0.2, 0) is 29.0 Å². The molecule has 1 amide bonds.